The van der Waals surface area contributed by atoms with Gasteiger partial charge in [0.15, 0.2) is 0 Å². The number of anilines is 1. The highest BCUT2D eigenvalue weighted by Crippen LogP contribution is 2.41. The van der Waals surface area contributed by atoms with Crippen LogP contribution < -0.4 is 4.90 Å². The van der Waals surface area contributed by atoms with E-state index in [1.54, 1.807) is 11.1 Å². The molecule has 9 heteroatoms. The molecule has 6 nitrogen and oxygen atoms in total. The van der Waals surface area contributed by atoms with Gasteiger partial charge in [0, 0.05) is 32.4 Å². The lowest BCUT2D eigenvalue weighted by atomic mass is 9.78. The van der Waals surface area contributed by atoms with E-state index in [9.17, 15) is 18.0 Å². The fourth-order valence-corrected chi connectivity index (χ4v) is 4.76. The Morgan fingerprint density at radius 1 is 0.969 bits per heavy atom. The van der Waals surface area contributed by atoms with Crippen LogP contribution in [0.1, 0.15) is 30.5 Å². The van der Waals surface area contributed by atoms with E-state index in [-0.39, 0.29) is 12.5 Å². The minimum atomic E-state index is -4.47. The SMILES string of the molecule is O=C1N(Cc2ccc(C(F)(F)F)nc2)CCCC12CCN(c1cnc3ccccc3n1)C2. The smallest absolute Gasteiger partial charge is 0.354 e. The van der Waals surface area contributed by atoms with Crippen LogP contribution in [0.3, 0.4) is 0 Å². The van der Waals surface area contributed by atoms with E-state index in [1.165, 1.54) is 12.3 Å². The van der Waals surface area contributed by atoms with Gasteiger partial charge in [0.05, 0.1) is 22.6 Å². The van der Waals surface area contributed by atoms with Crippen molar-refractivity contribution in [3.05, 3.63) is 60.0 Å². The molecule has 0 aliphatic carbocycles. The van der Waals surface area contributed by atoms with Crippen molar-refractivity contribution >= 4 is 22.8 Å². The Balaban J connectivity index is 1.31. The topological polar surface area (TPSA) is 62.2 Å². The zero-order chi connectivity index (χ0) is 22.3. The molecule has 32 heavy (non-hydrogen) atoms. The number of hydrogen-bond acceptors (Lipinski definition) is 5. The normalized spacial score (nSPS) is 21.7. The first-order chi connectivity index (χ1) is 15.3. The molecule has 0 radical (unpaired) electrons. The monoisotopic (exact) mass is 441 g/mol. The molecule has 0 N–H and O–H groups in total. The van der Waals surface area contributed by atoms with Gasteiger partial charge in [0.1, 0.15) is 11.5 Å². The number of hydrogen-bond donors (Lipinski definition) is 0. The number of nitrogens with zero attached hydrogens (tertiary/aromatic N) is 5. The van der Waals surface area contributed by atoms with Gasteiger partial charge in [0.25, 0.3) is 0 Å². The van der Waals surface area contributed by atoms with Crippen molar-refractivity contribution in [2.45, 2.75) is 32.0 Å². The molecular weight excluding hydrogens is 419 g/mol. The van der Waals surface area contributed by atoms with Gasteiger partial charge in [-0.1, -0.05) is 18.2 Å². The van der Waals surface area contributed by atoms with Crippen molar-refractivity contribution in [3.63, 3.8) is 0 Å². The van der Waals surface area contributed by atoms with Crippen LogP contribution in [0.2, 0.25) is 0 Å². The van der Waals surface area contributed by atoms with Gasteiger partial charge in [-0.05, 0) is 43.0 Å². The van der Waals surface area contributed by atoms with Gasteiger partial charge in [-0.25, -0.2) is 4.98 Å². The maximum Gasteiger partial charge on any atom is 0.433 e. The number of piperidine rings is 1. The number of carbonyl (C=O) groups excluding carboxylic acids is 1. The number of pyridine rings is 1. The molecule has 3 aromatic rings. The van der Waals surface area contributed by atoms with Crippen molar-refractivity contribution in [1.82, 2.24) is 19.9 Å². The molecule has 1 spiro atoms. The van der Waals surface area contributed by atoms with Crippen LogP contribution in [0, 0.1) is 5.41 Å². The third kappa shape index (κ3) is 3.76. The quantitative estimate of drug-likeness (QED) is 0.614. The number of carbonyl (C=O) groups is 1. The summed E-state index contributed by atoms with van der Waals surface area (Å²) < 4.78 is 38.3. The van der Waals surface area contributed by atoms with Gasteiger partial charge in [0.2, 0.25) is 5.91 Å². The van der Waals surface area contributed by atoms with Crippen LogP contribution >= 0.6 is 0 Å². The number of fused-ring (bicyclic) bond motifs is 1. The number of para-hydroxylation sites is 2. The Kier molecular flexibility index (Phi) is 4.98. The summed E-state index contributed by atoms with van der Waals surface area (Å²) in [7, 11) is 0. The van der Waals surface area contributed by atoms with E-state index in [0.717, 1.165) is 42.2 Å². The molecule has 2 fully saturated rings. The van der Waals surface area contributed by atoms with Gasteiger partial charge in [-0.3, -0.25) is 14.8 Å². The molecule has 2 saturated heterocycles. The zero-order valence-electron chi connectivity index (χ0n) is 17.3. The number of benzene rings is 1. The summed E-state index contributed by atoms with van der Waals surface area (Å²) in [6.45, 7) is 2.15. The lowest BCUT2D eigenvalue weighted by Gasteiger charge is -2.39. The number of rotatable bonds is 3. The molecule has 2 aromatic heterocycles. The van der Waals surface area contributed by atoms with Gasteiger partial charge >= 0.3 is 6.18 Å². The average Bonchev–Trinajstić information content (AvgIpc) is 3.21. The number of likely N-dealkylation sites (tertiary alicyclic amines) is 1. The standard InChI is InChI=1S/C23H22F3N5O/c24-23(25,26)19-7-6-16(12-28-19)14-30-10-3-8-22(21(30)32)9-11-31(15-22)20-13-27-17-4-1-2-5-18(17)29-20/h1-2,4-7,12-13H,3,8-11,14-15H2. The van der Waals surface area contributed by atoms with Gasteiger partial charge in [-0.15, -0.1) is 0 Å². The predicted octanol–water partition coefficient (Wildman–Crippen LogP) is 4.06. The van der Waals surface area contributed by atoms with Crippen LogP contribution in [0.4, 0.5) is 19.0 Å². The van der Waals surface area contributed by atoms with Crippen LogP contribution in [0.15, 0.2) is 48.8 Å². The molecule has 1 unspecified atom stereocenters. The second-order valence-corrected chi connectivity index (χ2v) is 8.55. The molecule has 2 aliphatic heterocycles. The maximum atomic E-state index is 13.4. The van der Waals surface area contributed by atoms with E-state index in [0.29, 0.717) is 25.2 Å². The number of amides is 1. The lowest BCUT2D eigenvalue weighted by Crippen LogP contribution is -2.49. The van der Waals surface area contributed by atoms with E-state index >= 15 is 0 Å². The number of aromatic nitrogens is 3. The highest BCUT2D eigenvalue weighted by atomic mass is 19.4. The van der Waals surface area contributed by atoms with E-state index in [2.05, 4.69) is 14.9 Å². The van der Waals surface area contributed by atoms with Crippen LogP contribution in [0.5, 0.6) is 0 Å². The summed E-state index contributed by atoms with van der Waals surface area (Å²) in [5, 5.41) is 0. The fraction of sp³-hybridized carbons (Fsp3) is 0.391. The van der Waals surface area contributed by atoms with E-state index in [1.807, 2.05) is 24.3 Å². The summed E-state index contributed by atoms with van der Waals surface area (Å²) in [4.78, 5) is 30.0. The highest BCUT2D eigenvalue weighted by molar-refractivity contribution is 5.85. The zero-order valence-corrected chi connectivity index (χ0v) is 17.3. The molecule has 1 atom stereocenters. The lowest BCUT2D eigenvalue weighted by molar-refractivity contribution is -0.146. The Bertz CT molecular complexity index is 1150. The van der Waals surface area contributed by atoms with E-state index in [4.69, 9.17) is 4.98 Å². The van der Waals surface area contributed by atoms with Crippen LogP contribution in [0.25, 0.3) is 11.0 Å². The minimum absolute atomic E-state index is 0.0555. The average molecular weight is 441 g/mol. The fourth-order valence-electron chi connectivity index (χ4n) is 4.76. The Hall–Kier alpha value is -3.23. The second-order valence-electron chi connectivity index (χ2n) is 8.55. The van der Waals surface area contributed by atoms with Crippen molar-refractivity contribution in [2.24, 2.45) is 5.41 Å². The summed E-state index contributed by atoms with van der Waals surface area (Å²) in [5.41, 5.74) is 0.821. The number of halogens is 3. The molecule has 1 aromatic carbocycles. The predicted molar refractivity (Wildman–Crippen MR) is 113 cm³/mol. The van der Waals surface area contributed by atoms with Crippen molar-refractivity contribution in [2.75, 3.05) is 24.5 Å². The number of alkyl halides is 3. The Morgan fingerprint density at radius 2 is 1.78 bits per heavy atom. The summed E-state index contributed by atoms with van der Waals surface area (Å²) in [6, 6.07) is 10.0. The first-order valence-corrected chi connectivity index (χ1v) is 10.6. The van der Waals surface area contributed by atoms with Crippen molar-refractivity contribution in [1.29, 1.82) is 0 Å². The highest BCUT2D eigenvalue weighted by Gasteiger charge is 2.48. The van der Waals surface area contributed by atoms with Crippen molar-refractivity contribution in [3.8, 4) is 0 Å². The summed E-state index contributed by atoms with van der Waals surface area (Å²) >= 11 is 0. The molecule has 4 heterocycles. The minimum Gasteiger partial charge on any atom is -0.354 e. The molecule has 0 saturated carbocycles. The maximum absolute atomic E-state index is 13.4. The van der Waals surface area contributed by atoms with Gasteiger partial charge in [-0.2, -0.15) is 13.2 Å². The van der Waals surface area contributed by atoms with Gasteiger partial charge < -0.3 is 9.80 Å². The molecule has 2 aliphatic rings. The van der Waals surface area contributed by atoms with Crippen LogP contribution in [-0.4, -0.2) is 45.4 Å². The Morgan fingerprint density at radius 3 is 2.53 bits per heavy atom. The summed E-state index contributed by atoms with van der Waals surface area (Å²) in [5.74, 6) is 0.817. The first kappa shape index (κ1) is 20.7. The molecule has 166 valence electrons. The molecule has 5 rings (SSSR count). The molecular formula is C23H22F3N5O. The largest absolute Gasteiger partial charge is 0.433 e. The molecule has 0 bridgehead atoms. The third-order valence-electron chi connectivity index (χ3n) is 6.43. The summed E-state index contributed by atoms with van der Waals surface area (Å²) in [6.07, 6.45) is 0.871. The third-order valence-corrected chi connectivity index (χ3v) is 6.43. The van der Waals surface area contributed by atoms with E-state index < -0.39 is 17.3 Å². The van der Waals surface area contributed by atoms with Crippen molar-refractivity contribution < 1.29 is 18.0 Å². The van der Waals surface area contributed by atoms with Crippen LogP contribution in [-0.2, 0) is 17.5 Å². The first-order valence-electron chi connectivity index (χ1n) is 10.6. The Labute approximate surface area is 183 Å². The second kappa shape index (κ2) is 7.72. The molecule has 1 amide bonds.